The van der Waals surface area contributed by atoms with Crippen molar-refractivity contribution in [1.29, 1.82) is 0 Å². The summed E-state index contributed by atoms with van der Waals surface area (Å²) in [6, 6.07) is 6.36. The highest BCUT2D eigenvalue weighted by molar-refractivity contribution is 9.11. The number of rotatable bonds is 3. The molecule has 0 saturated heterocycles. The largest absolute Gasteiger partial charge is 0.323 e. The maximum Gasteiger partial charge on any atom is 0.126 e. The van der Waals surface area contributed by atoms with Crippen LogP contribution in [-0.4, -0.2) is 0 Å². The van der Waals surface area contributed by atoms with E-state index < -0.39 is 0 Å². The van der Waals surface area contributed by atoms with E-state index in [9.17, 15) is 4.39 Å². The topological polar surface area (TPSA) is 26.0 Å². The Hall–Kier alpha value is -0.420. The van der Waals surface area contributed by atoms with Gasteiger partial charge in [-0.25, -0.2) is 4.39 Å². The van der Waals surface area contributed by atoms with E-state index in [-0.39, 0.29) is 11.9 Å². The highest BCUT2D eigenvalue weighted by atomic mass is 79.9. The van der Waals surface area contributed by atoms with Gasteiger partial charge in [0.2, 0.25) is 0 Å². The van der Waals surface area contributed by atoms with Crippen molar-refractivity contribution in [3.05, 3.63) is 54.9 Å². The second kappa shape index (κ2) is 5.70. The first kappa shape index (κ1) is 14.0. The molecule has 0 fully saturated rings. The predicted octanol–water partition coefficient (Wildman–Crippen LogP) is 4.85. The number of hydrogen-bond acceptors (Lipinski definition) is 2. The van der Waals surface area contributed by atoms with Crippen molar-refractivity contribution in [3.63, 3.8) is 0 Å². The van der Waals surface area contributed by atoms with Crippen LogP contribution in [0.4, 0.5) is 4.39 Å². The quantitative estimate of drug-likeness (QED) is 0.842. The van der Waals surface area contributed by atoms with Crippen LogP contribution in [0.1, 0.15) is 22.0 Å². The zero-order valence-corrected chi connectivity index (χ0v) is 12.9. The fraction of sp³-hybridized carbons (Fsp3) is 0.231. The molecule has 0 saturated carbocycles. The van der Waals surface area contributed by atoms with Gasteiger partial charge in [-0.1, -0.05) is 11.6 Å². The Kier molecular flexibility index (Phi) is 4.43. The maximum absolute atomic E-state index is 13.6. The molecule has 1 aromatic heterocycles. The van der Waals surface area contributed by atoms with E-state index in [1.54, 1.807) is 17.4 Å². The highest BCUT2D eigenvalue weighted by Gasteiger charge is 2.14. The summed E-state index contributed by atoms with van der Waals surface area (Å²) in [5.74, 6) is -0.262. The Bertz CT molecular complexity index is 551. The van der Waals surface area contributed by atoms with Crippen LogP contribution in [0.25, 0.3) is 0 Å². The van der Waals surface area contributed by atoms with Gasteiger partial charge in [0.15, 0.2) is 0 Å². The molecule has 0 aliphatic heterocycles. The van der Waals surface area contributed by atoms with E-state index in [4.69, 9.17) is 17.3 Å². The minimum absolute atomic E-state index is 0.215. The normalized spacial score (nSPS) is 12.7. The van der Waals surface area contributed by atoms with Crippen LogP contribution in [0.5, 0.6) is 0 Å². The zero-order valence-electron chi connectivity index (χ0n) is 9.71. The molecule has 96 valence electrons. The average Bonchev–Trinajstić information content (AvgIpc) is 2.64. The smallest absolute Gasteiger partial charge is 0.126 e. The van der Waals surface area contributed by atoms with Gasteiger partial charge < -0.3 is 5.73 Å². The fourth-order valence-electron chi connectivity index (χ4n) is 1.70. The molecular weight excluding hydrogens is 337 g/mol. The molecule has 0 aliphatic rings. The summed E-state index contributed by atoms with van der Waals surface area (Å²) >= 11 is 10.9. The fourth-order valence-corrected chi connectivity index (χ4v) is 3.47. The van der Waals surface area contributed by atoms with E-state index in [1.165, 1.54) is 12.1 Å². The summed E-state index contributed by atoms with van der Waals surface area (Å²) in [5.41, 5.74) is 7.81. The average molecular weight is 349 g/mol. The lowest BCUT2D eigenvalue weighted by atomic mass is 10.0. The van der Waals surface area contributed by atoms with E-state index in [1.807, 2.05) is 13.0 Å². The Labute approximate surface area is 123 Å². The second-order valence-electron chi connectivity index (χ2n) is 4.15. The summed E-state index contributed by atoms with van der Waals surface area (Å²) in [4.78, 5) is 1.04. The third kappa shape index (κ3) is 3.12. The summed E-state index contributed by atoms with van der Waals surface area (Å²) in [6.45, 7) is 2.01. The van der Waals surface area contributed by atoms with Crippen molar-refractivity contribution in [2.45, 2.75) is 19.4 Å². The van der Waals surface area contributed by atoms with Crippen LogP contribution >= 0.6 is 38.9 Å². The van der Waals surface area contributed by atoms with Gasteiger partial charge in [0.1, 0.15) is 5.82 Å². The lowest BCUT2D eigenvalue weighted by Gasteiger charge is -2.10. The van der Waals surface area contributed by atoms with Crippen LogP contribution in [-0.2, 0) is 6.42 Å². The van der Waals surface area contributed by atoms with Gasteiger partial charge >= 0.3 is 0 Å². The summed E-state index contributed by atoms with van der Waals surface area (Å²) in [7, 11) is 0. The van der Waals surface area contributed by atoms with E-state index in [2.05, 4.69) is 15.9 Å². The number of halogens is 3. The standard InChI is InChI=1S/C13H12BrClFNS/c1-7-4-12(18-13(7)14)11(17)6-8-5-9(15)2-3-10(8)16/h2-5,11H,6,17H2,1H3. The summed E-state index contributed by atoms with van der Waals surface area (Å²) in [6.07, 6.45) is 0.443. The molecule has 2 rings (SSSR count). The number of aryl methyl sites for hydroxylation is 1. The Morgan fingerprint density at radius 3 is 2.78 bits per heavy atom. The molecule has 2 N–H and O–H groups in total. The first-order valence-corrected chi connectivity index (χ1v) is 7.41. The van der Waals surface area contributed by atoms with Crippen molar-refractivity contribution < 1.29 is 4.39 Å². The van der Waals surface area contributed by atoms with Gasteiger partial charge in [0.05, 0.1) is 3.79 Å². The monoisotopic (exact) mass is 347 g/mol. The van der Waals surface area contributed by atoms with Crippen LogP contribution in [0.2, 0.25) is 5.02 Å². The zero-order chi connectivity index (χ0) is 13.3. The Morgan fingerprint density at radius 2 is 2.17 bits per heavy atom. The molecule has 1 heterocycles. The van der Waals surface area contributed by atoms with Crippen LogP contribution in [0, 0.1) is 12.7 Å². The highest BCUT2D eigenvalue weighted by Crippen LogP contribution is 2.32. The lowest BCUT2D eigenvalue weighted by molar-refractivity contribution is 0.595. The number of thiophene rings is 1. The van der Waals surface area contributed by atoms with Crippen LogP contribution in [0.15, 0.2) is 28.1 Å². The SMILES string of the molecule is Cc1cc(C(N)Cc2cc(Cl)ccc2F)sc1Br. The van der Waals surface area contributed by atoms with Gasteiger partial charge in [-0.15, -0.1) is 11.3 Å². The number of benzene rings is 1. The van der Waals surface area contributed by atoms with Crippen molar-refractivity contribution in [1.82, 2.24) is 0 Å². The lowest BCUT2D eigenvalue weighted by Crippen LogP contribution is -2.12. The Balaban J connectivity index is 2.20. The molecule has 2 aromatic rings. The Morgan fingerprint density at radius 1 is 1.44 bits per heavy atom. The van der Waals surface area contributed by atoms with Gasteiger partial charge in [-0.2, -0.15) is 0 Å². The molecule has 1 atom stereocenters. The molecule has 0 spiro atoms. The summed E-state index contributed by atoms with van der Waals surface area (Å²) in [5, 5.41) is 0.530. The molecule has 1 aromatic carbocycles. The number of nitrogens with two attached hydrogens (primary N) is 1. The maximum atomic E-state index is 13.6. The second-order valence-corrected chi connectivity index (χ2v) is 6.99. The third-order valence-corrected chi connectivity index (χ3v) is 5.19. The van der Waals surface area contributed by atoms with Gasteiger partial charge in [-0.05, 0) is 64.7 Å². The van der Waals surface area contributed by atoms with Gasteiger partial charge in [0, 0.05) is 15.9 Å². The molecule has 0 aliphatic carbocycles. The van der Waals surface area contributed by atoms with Crippen molar-refractivity contribution in [3.8, 4) is 0 Å². The van der Waals surface area contributed by atoms with E-state index in [0.717, 1.165) is 14.2 Å². The van der Waals surface area contributed by atoms with Gasteiger partial charge in [-0.3, -0.25) is 0 Å². The van der Waals surface area contributed by atoms with Crippen LogP contribution in [0.3, 0.4) is 0 Å². The van der Waals surface area contributed by atoms with Crippen molar-refractivity contribution in [2.24, 2.45) is 5.73 Å². The first-order valence-electron chi connectivity index (χ1n) is 5.42. The third-order valence-electron chi connectivity index (χ3n) is 2.69. The molecular formula is C13H12BrClFNS. The minimum atomic E-state index is -0.262. The molecule has 1 nitrogen and oxygen atoms in total. The van der Waals surface area contributed by atoms with E-state index in [0.29, 0.717) is 17.0 Å². The first-order chi connectivity index (χ1) is 8.47. The number of hydrogen-bond donors (Lipinski definition) is 1. The van der Waals surface area contributed by atoms with Crippen LogP contribution < -0.4 is 5.73 Å². The van der Waals surface area contributed by atoms with Crippen molar-refractivity contribution in [2.75, 3.05) is 0 Å². The molecule has 0 radical (unpaired) electrons. The molecule has 5 heteroatoms. The van der Waals surface area contributed by atoms with E-state index >= 15 is 0 Å². The molecule has 18 heavy (non-hydrogen) atoms. The molecule has 1 unspecified atom stereocenters. The van der Waals surface area contributed by atoms with Gasteiger partial charge in [0.25, 0.3) is 0 Å². The summed E-state index contributed by atoms with van der Waals surface area (Å²) < 4.78 is 14.7. The molecule has 0 bridgehead atoms. The predicted molar refractivity (Wildman–Crippen MR) is 78.8 cm³/mol. The molecule has 0 amide bonds. The minimum Gasteiger partial charge on any atom is -0.323 e. The van der Waals surface area contributed by atoms with Crippen molar-refractivity contribution >= 4 is 38.9 Å².